The van der Waals surface area contributed by atoms with Crippen LogP contribution in [-0.2, 0) is 0 Å². The Hall–Kier alpha value is -1.46. The summed E-state index contributed by atoms with van der Waals surface area (Å²) in [5.41, 5.74) is 1.98. The third-order valence-electron chi connectivity index (χ3n) is 5.44. The minimum absolute atomic E-state index is 0. The van der Waals surface area contributed by atoms with Gasteiger partial charge in [0.05, 0.1) is 14.2 Å². The number of likely N-dealkylation sites (tertiary alicyclic amines) is 1. The van der Waals surface area contributed by atoms with Gasteiger partial charge in [0, 0.05) is 30.8 Å². The van der Waals surface area contributed by atoms with Crippen molar-refractivity contribution in [3.05, 3.63) is 23.3 Å². The second kappa shape index (κ2) is 7.62. The fourth-order valence-corrected chi connectivity index (χ4v) is 3.80. The number of nitrogens with one attached hydrogen (secondary N) is 1. The van der Waals surface area contributed by atoms with Gasteiger partial charge in [0.15, 0.2) is 0 Å². The van der Waals surface area contributed by atoms with E-state index in [0.717, 1.165) is 44.6 Å². The Morgan fingerprint density at radius 1 is 1.12 bits per heavy atom. The van der Waals surface area contributed by atoms with Crippen molar-refractivity contribution in [2.24, 2.45) is 5.41 Å². The molecule has 24 heavy (non-hydrogen) atoms. The van der Waals surface area contributed by atoms with E-state index < -0.39 is 0 Å². The summed E-state index contributed by atoms with van der Waals surface area (Å²) < 4.78 is 10.8. The van der Waals surface area contributed by atoms with Crippen LogP contribution >= 0.6 is 12.4 Å². The summed E-state index contributed by atoms with van der Waals surface area (Å²) in [6.45, 7) is 5.81. The Bertz CT molecular complexity index is 565. The van der Waals surface area contributed by atoms with Crippen LogP contribution in [0.5, 0.6) is 11.5 Å². The number of ether oxygens (including phenoxy) is 2. The number of benzene rings is 1. The number of piperidine rings is 1. The Kier molecular flexibility index (Phi) is 5.99. The quantitative estimate of drug-likeness (QED) is 0.906. The van der Waals surface area contributed by atoms with Crippen molar-refractivity contribution in [3.63, 3.8) is 0 Å². The molecule has 134 valence electrons. The van der Waals surface area contributed by atoms with Crippen LogP contribution < -0.4 is 14.8 Å². The standard InChI is InChI=1S/C18H26N2O3.ClH/c1-13-15(22-2)10-14(11-16(13)23-3)17(21)20-8-5-18(6-9-20)4-7-19-12-18;/h10-11,19H,4-9,12H2,1-3H3;1H. The van der Waals surface area contributed by atoms with Crippen LogP contribution in [0.3, 0.4) is 0 Å². The molecule has 6 heteroatoms. The maximum atomic E-state index is 12.8. The molecule has 0 unspecified atom stereocenters. The first-order chi connectivity index (χ1) is 11.1. The lowest BCUT2D eigenvalue weighted by molar-refractivity contribution is 0.0607. The van der Waals surface area contributed by atoms with E-state index in [-0.39, 0.29) is 18.3 Å². The predicted octanol–water partition coefficient (Wildman–Crippen LogP) is 2.65. The molecule has 1 spiro atoms. The number of nitrogens with zero attached hydrogens (tertiary/aromatic N) is 1. The Morgan fingerprint density at radius 2 is 1.71 bits per heavy atom. The first-order valence-corrected chi connectivity index (χ1v) is 8.31. The van der Waals surface area contributed by atoms with Gasteiger partial charge in [-0.1, -0.05) is 0 Å². The number of hydrogen-bond acceptors (Lipinski definition) is 4. The molecular weight excluding hydrogens is 328 g/mol. The van der Waals surface area contributed by atoms with E-state index in [1.54, 1.807) is 14.2 Å². The van der Waals surface area contributed by atoms with Crippen LogP contribution in [0.4, 0.5) is 0 Å². The maximum absolute atomic E-state index is 12.8. The van der Waals surface area contributed by atoms with Crippen LogP contribution in [0.15, 0.2) is 12.1 Å². The van der Waals surface area contributed by atoms with Crippen molar-refractivity contribution in [1.82, 2.24) is 10.2 Å². The molecule has 2 aliphatic heterocycles. The molecule has 1 amide bonds. The van der Waals surface area contributed by atoms with Gasteiger partial charge in [0.25, 0.3) is 5.91 Å². The Labute approximate surface area is 150 Å². The summed E-state index contributed by atoms with van der Waals surface area (Å²) in [6, 6.07) is 3.64. The van der Waals surface area contributed by atoms with E-state index in [9.17, 15) is 4.79 Å². The van der Waals surface area contributed by atoms with E-state index >= 15 is 0 Å². The first kappa shape index (κ1) is 18.9. The molecule has 1 aromatic rings. The molecule has 2 aliphatic rings. The number of amides is 1. The van der Waals surface area contributed by atoms with Crippen LogP contribution in [0.25, 0.3) is 0 Å². The van der Waals surface area contributed by atoms with Crippen molar-refractivity contribution in [3.8, 4) is 11.5 Å². The number of methoxy groups -OCH3 is 2. The third kappa shape index (κ3) is 3.47. The van der Waals surface area contributed by atoms with Gasteiger partial charge < -0.3 is 19.7 Å². The first-order valence-electron chi connectivity index (χ1n) is 8.31. The van der Waals surface area contributed by atoms with Gasteiger partial charge in [-0.15, -0.1) is 12.4 Å². The van der Waals surface area contributed by atoms with E-state index in [0.29, 0.717) is 22.5 Å². The minimum Gasteiger partial charge on any atom is -0.496 e. The van der Waals surface area contributed by atoms with Crippen LogP contribution in [0, 0.1) is 12.3 Å². The van der Waals surface area contributed by atoms with E-state index in [4.69, 9.17) is 9.47 Å². The van der Waals surface area contributed by atoms with Crippen molar-refractivity contribution in [2.45, 2.75) is 26.2 Å². The summed E-state index contributed by atoms with van der Waals surface area (Å²) >= 11 is 0. The van der Waals surface area contributed by atoms with E-state index in [1.165, 1.54) is 6.42 Å². The van der Waals surface area contributed by atoms with Crippen LogP contribution in [0.2, 0.25) is 0 Å². The van der Waals surface area contributed by atoms with Crippen molar-refractivity contribution in [2.75, 3.05) is 40.4 Å². The largest absolute Gasteiger partial charge is 0.496 e. The molecule has 5 nitrogen and oxygen atoms in total. The summed E-state index contributed by atoms with van der Waals surface area (Å²) in [7, 11) is 3.24. The van der Waals surface area contributed by atoms with Gasteiger partial charge in [-0.25, -0.2) is 0 Å². The highest BCUT2D eigenvalue weighted by molar-refractivity contribution is 5.95. The smallest absolute Gasteiger partial charge is 0.254 e. The monoisotopic (exact) mass is 354 g/mol. The highest BCUT2D eigenvalue weighted by Crippen LogP contribution is 2.37. The summed E-state index contributed by atoms with van der Waals surface area (Å²) in [5, 5.41) is 3.46. The number of carbonyl (C=O) groups excluding carboxylic acids is 1. The zero-order chi connectivity index (χ0) is 16.4. The molecule has 1 N–H and O–H groups in total. The zero-order valence-corrected chi connectivity index (χ0v) is 15.5. The van der Waals surface area contributed by atoms with Crippen LogP contribution in [0.1, 0.15) is 35.2 Å². The molecule has 1 aromatic carbocycles. The zero-order valence-electron chi connectivity index (χ0n) is 14.7. The number of halogens is 1. The highest BCUT2D eigenvalue weighted by Gasteiger charge is 2.38. The Morgan fingerprint density at radius 3 is 2.17 bits per heavy atom. The molecule has 0 aliphatic carbocycles. The van der Waals surface area contributed by atoms with Gasteiger partial charge in [0.1, 0.15) is 11.5 Å². The molecule has 3 rings (SSSR count). The minimum atomic E-state index is 0. The lowest BCUT2D eigenvalue weighted by Crippen LogP contribution is -2.44. The average Bonchev–Trinajstić information content (AvgIpc) is 3.03. The van der Waals surface area contributed by atoms with Gasteiger partial charge in [-0.05, 0) is 50.3 Å². The van der Waals surface area contributed by atoms with Gasteiger partial charge in [-0.2, -0.15) is 0 Å². The van der Waals surface area contributed by atoms with E-state index in [1.807, 2.05) is 24.0 Å². The molecule has 0 saturated carbocycles. The highest BCUT2D eigenvalue weighted by atomic mass is 35.5. The van der Waals surface area contributed by atoms with Crippen LogP contribution in [-0.4, -0.2) is 51.2 Å². The van der Waals surface area contributed by atoms with Crippen molar-refractivity contribution in [1.29, 1.82) is 0 Å². The second-order valence-electron chi connectivity index (χ2n) is 6.72. The summed E-state index contributed by atoms with van der Waals surface area (Å²) in [4.78, 5) is 14.8. The second-order valence-corrected chi connectivity index (χ2v) is 6.72. The molecule has 0 aromatic heterocycles. The van der Waals surface area contributed by atoms with E-state index in [2.05, 4.69) is 5.32 Å². The van der Waals surface area contributed by atoms with Crippen molar-refractivity contribution >= 4 is 18.3 Å². The summed E-state index contributed by atoms with van der Waals surface area (Å²) in [6.07, 6.45) is 3.42. The fourth-order valence-electron chi connectivity index (χ4n) is 3.80. The average molecular weight is 355 g/mol. The summed E-state index contributed by atoms with van der Waals surface area (Å²) in [5.74, 6) is 1.46. The molecule has 2 heterocycles. The maximum Gasteiger partial charge on any atom is 0.254 e. The number of rotatable bonds is 3. The normalized spacial score (nSPS) is 19.0. The predicted molar refractivity (Wildman–Crippen MR) is 96.6 cm³/mol. The topological polar surface area (TPSA) is 50.8 Å². The van der Waals surface area contributed by atoms with Gasteiger partial charge >= 0.3 is 0 Å². The Balaban J connectivity index is 0.00000208. The molecular formula is C18H27ClN2O3. The SMILES string of the molecule is COc1cc(C(=O)N2CCC3(CCNC3)CC2)cc(OC)c1C.Cl. The lowest BCUT2D eigenvalue weighted by Gasteiger charge is -2.39. The number of carbonyl (C=O) groups is 1. The molecule has 2 saturated heterocycles. The number of hydrogen-bond donors (Lipinski definition) is 1. The van der Waals surface area contributed by atoms with Gasteiger partial charge in [-0.3, -0.25) is 4.79 Å². The molecule has 0 bridgehead atoms. The molecule has 0 atom stereocenters. The molecule has 2 fully saturated rings. The molecule has 0 radical (unpaired) electrons. The van der Waals surface area contributed by atoms with Crippen molar-refractivity contribution < 1.29 is 14.3 Å². The van der Waals surface area contributed by atoms with Gasteiger partial charge in [0.2, 0.25) is 0 Å². The fraction of sp³-hybridized carbons (Fsp3) is 0.611. The lowest BCUT2D eigenvalue weighted by atomic mass is 9.78. The third-order valence-corrected chi connectivity index (χ3v) is 5.44.